The zero-order chi connectivity index (χ0) is 18.7. The van der Waals surface area contributed by atoms with Crippen molar-refractivity contribution in [2.24, 2.45) is 0 Å². The molecule has 0 fully saturated rings. The van der Waals surface area contributed by atoms with E-state index < -0.39 is 0 Å². The molecule has 2 nitrogen and oxygen atoms in total. The second-order valence-corrected chi connectivity index (χ2v) is 7.36. The van der Waals surface area contributed by atoms with Crippen LogP contribution in [0.5, 0.6) is 0 Å². The number of benzene rings is 3. The summed E-state index contributed by atoms with van der Waals surface area (Å²) in [6, 6.07) is 26.2. The molecule has 0 bridgehead atoms. The van der Waals surface area contributed by atoms with Gasteiger partial charge in [0.05, 0.1) is 17.2 Å². The first-order valence-electron chi connectivity index (χ1n) is 8.58. The molecule has 0 radical (unpaired) electrons. The summed E-state index contributed by atoms with van der Waals surface area (Å²) in [7, 11) is 0. The minimum Gasteiger partial charge on any atom is -0.192 e. The molecular formula is C24H20N2. The first kappa shape index (κ1) is 17.5. The van der Waals surface area contributed by atoms with Crippen molar-refractivity contribution in [1.29, 1.82) is 10.5 Å². The fraction of sp³-hybridized carbons (Fsp3) is 0.167. The van der Waals surface area contributed by atoms with E-state index in [0.29, 0.717) is 11.1 Å². The van der Waals surface area contributed by atoms with Gasteiger partial charge in [0, 0.05) is 11.1 Å². The lowest BCUT2D eigenvalue weighted by Crippen LogP contribution is -2.10. The maximum absolute atomic E-state index is 9.80. The predicted octanol–water partition coefficient (Wildman–Crippen LogP) is 6.06. The summed E-state index contributed by atoms with van der Waals surface area (Å²) in [5.74, 6) is 0. The molecule has 0 aliphatic rings. The molecule has 2 heteroatoms. The standard InChI is InChI=1S/C24H20N2/c1-24(2,3)20-13-11-19(12-14-20)22-6-4-5-21(23(22)16-26)18-9-7-17(15-25)8-10-18/h4-14H,1-3H3. The van der Waals surface area contributed by atoms with E-state index >= 15 is 0 Å². The zero-order valence-corrected chi connectivity index (χ0v) is 15.2. The first-order chi connectivity index (χ1) is 12.4. The minimum absolute atomic E-state index is 0.0981. The molecule has 3 rings (SSSR count). The Morgan fingerprint density at radius 1 is 0.654 bits per heavy atom. The molecule has 0 unspecified atom stereocenters. The van der Waals surface area contributed by atoms with Gasteiger partial charge in [-0.3, -0.25) is 0 Å². The van der Waals surface area contributed by atoms with Gasteiger partial charge in [-0.05, 0) is 34.2 Å². The van der Waals surface area contributed by atoms with Crippen LogP contribution in [0.2, 0.25) is 0 Å². The fourth-order valence-corrected chi connectivity index (χ4v) is 3.03. The highest BCUT2D eigenvalue weighted by molar-refractivity contribution is 5.82. The number of hydrogen-bond acceptors (Lipinski definition) is 2. The molecule has 0 aliphatic carbocycles. The lowest BCUT2D eigenvalue weighted by Gasteiger charge is -2.19. The number of nitriles is 2. The Labute approximate surface area is 155 Å². The molecule has 26 heavy (non-hydrogen) atoms. The van der Waals surface area contributed by atoms with Gasteiger partial charge < -0.3 is 0 Å². The van der Waals surface area contributed by atoms with Gasteiger partial charge in [0.1, 0.15) is 6.07 Å². The summed E-state index contributed by atoms with van der Waals surface area (Å²) < 4.78 is 0. The van der Waals surface area contributed by atoms with Crippen molar-refractivity contribution in [3.8, 4) is 34.4 Å². The van der Waals surface area contributed by atoms with Crippen LogP contribution < -0.4 is 0 Å². The van der Waals surface area contributed by atoms with Gasteiger partial charge in [-0.25, -0.2) is 0 Å². The van der Waals surface area contributed by atoms with Crippen LogP contribution in [-0.2, 0) is 5.41 Å². The Hall–Kier alpha value is -3.36. The van der Waals surface area contributed by atoms with Crippen LogP contribution in [0.15, 0.2) is 66.7 Å². The van der Waals surface area contributed by atoms with Gasteiger partial charge in [-0.15, -0.1) is 0 Å². The third-order valence-electron chi connectivity index (χ3n) is 4.56. The molecule has 0 atom stereocenters. The molecule has 0 aromatic heterocycles. The normalized spacial score (nSPS) is 10.8. The fourth-order valence-electron chi connectivity index (χ4n) is 3.03. The maximum Gasteiger partial charge on any atom is 0.100 e. The van der Waals surface area contributed by atoms with Crippen molar-refractivity contribution in [2.75, 3.05) is 0 Å². The van der Waals surface area contributed by atoms with Gasteiger partial charge >= 0.3 is 0 Å². The molecule has 3 aromatic rings. The molecule has 126 valence electrons. The Kier molecular flexibility index (Phi) is 4.61. The maximum atomic E-state index is 9.80. The summed E-state index contributed by atoms with van der Waals surface area (Å²) in [6.45, 7) is 6.57. The zero-order valence-electron chi connectivity index (χ0n) is 15.2. The van der Waals surface area contributed by atoms with Crippen molar-refractivity contribution < 1.29 is 0 Å². The van der Waals surface area contributed by atoms with Crippen molar-refractivity contribution in [3.05, 3.63) is 83.4 Å². The second-order valence-electron chi connectivity index (χ2n) is 7.36. The van der Waals surface area contributed by atoms with E-state index in [1.807, 2.05) is 30.3 Å². The van der Waals surface area contributed by atoms with Crippen LogP contribution in [-0.4, -0.2) is 0 Å². The molecule has 0 saturated heterocycles. The molecule has 0 N–H and O–H groups in total. The first-order valence-corrected chi connectivity index (χ1v) is 8.58. The van der Waals surface area contributed by atoms with Crippen LogP contribution in [0.25, 0.3) is 22.3 Å². The molecule has 3 aromatic carbocycles. The number of rotatable bonds is 2. The Morgan fingerprint density at radius 3 is 1.58 bits per heavy atom. The Balaban J connectivity index is 2.09. The average molecular weight is 336 g/mol. The van der Waals surface area contributed by atoms with Gasteiger partial charge in [0.15, 0.2) is 0 Å². The van der Waals surface area contributed by atoms with Crippen LogP contribution in [0, 0.1) is 22.7 Å². The number of nitrogens with zero attached hydrogens (tertiary/aromatic N) is 2. The van der Waals surface area contributed by atoms with Crippen LogP contribution in [0.3, 0.4) is 0 Å². The summed E-state index contributed by atoms with van der Waals surface area (Å²) in [4.78, 5) is 0. The minimum atomic E-state index is 0.0981. The van der Waals surface area contributed by atoms with Crippen molar-refractivity contribution in [3.63, 3.8) is 0 Å². The number of hydrogen-bond donors (Lipinski definition) is 0. The van der Waals surface area contributed by atoms with E-state index in [1.54, 1.807) is 12.1 Å². The van der Waals surface area contributed by atoms with E-state index in [9.17, 15) is 5.26 Å². The van der Waals surface area contributed by atoms with E-state index in [-0.39, 0.29) is 5.41 Å². The largest absolute Gasteiger partial charge is 0.192 e. The smallest absolute Gasteiger partial charge is 0.100 e. The van der Waals surface area contributed by atoms with Crippen LogP contribution >= 0.6 is 0 Å². The van der Waals surface area contributed by atoms with E-state index in [0.717, 1.165) is 22.3 Å². The highest BCUT2D eigenvalue weighted by Crippen LogP contribution is 2.33. The van der Waals surface area contributed by atoms with Crippen molar-refractivity contribution in [2.45, 2.75) is 26.2 Å². The quantitative estimate of drug-likeness (QED) is 0.571. The molecule has 0 saturated carbocycles. The third kappa shape index (κ3) is 3.37. The molecule has 0 aliphatic heterocycles. The van der Waals surface area contributed by atoms with E-state index in [2.05, 4.69) is 57.2 Å². The van der Waals surface area contributed by atoms with E-state index in [1.165, 1.54) is 5.56 Å². The van der Waals surface area contributed by atoms with Crippen molar-refractivity contribution in [1.82, 2.24) is 0 Å². The summed E-state index contributed by atoms with van der Waals surface area (Å²) in [5, 5.41) is 18.8. The van der Waals surface area contributed by atoms with Gasteiger partial charge in [-0.2, -0.15) is 10.5 Å². The van der Waals surface area contributed by atoms with Crippen molar-refractivity contribution >= 4 is 0 Å². The topological polar surface area (TPSA) is 47.6 Å². The average Bonchev–Trinajstić information content (AvgIpc) is 2.67. The molecule has 0 spiro atoms. The van der Waals surface area contributed by atoms with Gasteiger partial charge in [-0.1, -0.05) is 75.4 Å². The summed E-state index contributed by atoms with van der Waals surface area (Å²) in [5.41, 5.74) is 6.41. The molecule has 0 amide bonds. The Morgan fingerprint density at radius 2 is 1.15 bits per heavy atom. The third-order valence-corrected chi connectivity index (χ3v) is 4.56. The Bertz CT molecular complexity index is 1010. The second kappa shape index (κ2) is 6.87. The lowest BCUT2D eigenvalue weighted by molar-refractivity contribution is 0.590. The summed E-state index contributed by atoms with van der Waals surface area (Å²) >= 11 is 0. The lowest BCUT2D eigenvalue weighted by atomic mass is 9.85. The van der Waals surface area contributed by atoms with Crippen LogP contribution in [0.1, 0.15) is 37.5 Å². The monoisotopic (exact) mass is 336 g/mol. The molecule has 0 heterocycles. The van der Waals surface area contributed by atoms with Gasteiger partial charge in [0.2, 0.25) is 0 Å². The highest BCUT2D eigenvalue weighted by atomic mass is 14.3. The van der Waals surface area contributed by atoms with E-state index in [4.69, 9.17) is 5.26 Å². The SMILES string of the molecule is CC(C)(C)c1ccc(-c2cccc(-c3ccc(C#N)cc3)c2C#N)cc1. The highest BCUT2D eigenvalue weighted by Gasteiger charge is 2.15. The molecular weight excluding hydrogens is 316 g/mol. The van der Waals surface area contributed by atoms with Crippen LogP contribution in [0.4, 0.5) is 0 Å². The van der Waals surface area contributed by atoms with Gasteiger partial charge in [0.25, 0.3) is 0 Å². The predicted molar refractivity (Wildman–Crippen MR) is 105 cm³/mol. The summed E-state index contributed by atoms with van der Waals surface area (Å²) in [6.07, 6.45) is 0.